The van der Waals surface area contributed by atoms with Crippen LogP contribution >= 0.6 is 0 Å². The highest BCUT2D eigenvalue weighted by Crippen LogP contribution is 2.15. The lowest BCUT2D eigenvalue weighted by Crippen LogP contribution is -1.95. The molecule has 1 aromatic heterocycles. The van der Waals surface area contributed by atoms with Gasteiger partial charge in [0.1, 0.15) is 0 Å². The first kappa shape index (κ1) is 9.51. The number of aromatic nitrogens is 2. The highest BCUT2D eigenvalue weighted by molar-refractivity contribution is 5.90. The van der Waals surface area contributed by atoms with E-state index in [1.165, 1.54) is 13.2 Å². The first-order valence-corrected chi connectivity index (χ1v) is 3.91. The van der Waals surface area contributed by atoms with Crippen molar-refractivity contribution >= 4 is 11.5 Å². The van der Waals surface area contributed by atoms with Gasteiger partial charge in [0.15, 0.2) is 0 Å². The van der Waals surface area contributed by atoms with E-state index in [0.29, 0.717) is 0 Å². The highest BCUT2D eigenvalue weighted by Gasteiger charge is 2.04. The van der Waals surface area contributed by atoms with Gasteiger partial charge in [0.05, 0.1) is 13.3 Å². The Morgan fingerprint density at radius 3 is 2.85 bits per heavy atom. The van der Waals surface area contributed by atoms with Gasteiger partial charge in [-0.25, -0.2) is 4.79 Å². The SMILES string of the molecule is COC(=O)/C=C(/C)c1cn[nH]c1C. The summed E-state index contributed by atoms with van der Waals surface area (Å²) >= 11 is 0. The molecule has 0 amide bonds. The molecule has 1 aromatic rings. The molecule has 4 heteroatoms. The monoisotopic (exact) mass is 180 g/mol. The molecule has 4 nitrogen and oxygen atoms in total. The molecule has 0 atom stereocenters. The van der Waals surface area contributed by atoms with Crippen LogP contribution < -0.4 is 0 Å². The molecule has 0 aliphatic heterocycles. The fourth-order valence-corrected chi connectivity index (χ4v) is 1.06. The summed E-state index contributed by atoms with van der Waals surface area (Å²) in [5, 5.41) is 6.66. The van der Waals surface area contributed by atoms with Crippen LogP contribution in [0.15, 0.2) is 12.3 Å². The number of hydrogen-bond donors (Lipinski definition) is 1. The van der Waals surface area contributed by atoms with Crippen molar-refractivity contribution in [2.75, 3.05) is 7.11 Å². The predicted octanol–water partition coefficient (Wildman–Crippen LogP) is 1.29. The molecule has 0 aromatic carbocycles. The molecule has 0 bridgehead atoms. The number of carbonyl (C=O) groups excluding carboxylic acids is 1. The van der Waals surface area contributed by atoms with Gasteiger partial charge >= 0.3 is 5.97 Å². The molecular weight excluding hydrogens is 168 g/mol. The molecule has 0 aliphatic carbocycles. The van der Waals surface area contributed by atoms with Crippen molar-refractivity contribution < 1.29 is 9.53 Å². The van der Waals surface area contributed by atoms with E-state index >= 15 is 0 Å². The molecule has 13 heavy (non-hydrogen) atoms. The minimum atomic E-state index is -0.349. The van der Waals surface area contributed by atoms with Gasteiger partial charge < -0.3 is 4.74 Å². The molecule has 0 aliphatic rings. The summed E-state index contributed by atoms with van der Waals surface area (Å²) in [5.41, 5.74) is 2.72. The van der Waals surface area contributed by atoms with Gasteiger partial charge in [-0.3, -0.25) is 5.10 Å². The Kier molecular flexibility index (Phi) is 2.84. The predicted molar refractivity (Wildman–Crippen MR) is 49.0 cm³/mol. The first-order valence-electron chi connectivity index (χ1n) is 3.91. The molecule has 0 radical (unpaired) electrons. The van der Waals surface area contributed by atoms with E-state index in [1.54, 1.807) is 6.20 Å². The Hall–Kier alpha value is -1.58. The lowest BCUT2D eigenvalue weighted by Gasteiger charge is -1.97. The van der Waals surface area contributed by atoms with E-state index in [9.17, 15) is 4.79 Å². The van der Waals surface area contributed by atoms with Crippen LogP contribution in [0.2, 0.25) is 0 Å². The van der Waals surface area contributed by atoms with E-state index in [0.717, 1.165) is 16.8 Å². The van der Waals surface area contributed by atoms with Crippen molar-refractivity contribution in [3.05, 3.63) is 23.5 Å². The summed E-state index contributed by atoms with van der Waals surface area (Å²) < 4.78 is 4.51. The topological polar surface area (TPSA) is 55.0 Å². The van der Waals surface area contributed by atoms with Crippen LogP contribution in [0.25, 0.3) is 5.57 Å². The number of carbonyl (C=O) groups is 1. The minimum Gasteiger partial charge on any atom is -0.466 e. The summed E-state index contributed by atoms with van der Waals surface area (Å²) in [6, 6.07) is 0. The molecule has 70 valence electrons. The van der Waals surface area contributed by atoms with Crippen LogP contribution in [0.4, 0.5) is 0 Å². The number of esters is 1. The fraction of sp³-hybridized carbons (Fsp3) is 0.333. The smallest absolute Gasteiger partial charge is 0.330 e. The maximum atomic E-state index is 10.9. The Labute approximate surface area is 76.6 Å². The minimum absolute atomic E-state index is 0.349. The van der Waals surface area contributed by atoms with Gasteiger partial charge in [-0.05, 0) is 19.4 Å². The summed E-state index contributed by atoms with van der Waals surface area (Å²) in [6.07, 6.45) is 3.13. The number of methoxy groups -OCH3 is 1. The lowest BCUT2D eigenvalue weighted by molar-refractivity contribution is -0.134. The third-order valence-electron chi connectivity index (χ3n) is 1.79. The third-order valence-corrected chi connectivity index (χ3v) is 1.79. The quantitative estimate of drug-likeness (QED) is 0.551. The van der Waals surface area contributed by atoms with E-state index in [-0.39, 0.29) is 5.97 Å². The van der Waals surface area contributed by atoms with Crippen LogP contribution in [-0.2, 0) is 9.53 Å². The number of nitrogens with one attached hydrogen (secondary N) is 1. The molecule has 0 unspecified atom stereocenters. The largest absolute Gasteiger partial charge is 0.466 e. The summed E-state index contributed by atoms with van der Waals surface area (Å²) in [4.78, 5) is 10.9. The van der Waals surface area contributed by atoms with Crippen LogP contribution in [0.1, 0.15) is 18.2 Å². The maximum absolute atomic E-state index is 10.9. The van der Waals surface area contributed by atoms with Crippen molar-refractivity contribution in [1.29, 1.82) is 0 Å². The zero-order valence-corrected chi connectivity index (χ0v) is 7.92. The maximum Gasteiger partial charge on any atom is 0.330 e. The number of hydrogen-bond acceptors (Lipinski definition) is 3. The van der Waals surface area contributed by atoms with Crippen LogP contribution in [0.5, 0.6) is 0 Å². The van der Waals surface area contributed by atoms with E-state index in [4.69, 9.17) is 0 Å². The molecular formula is C9H12N2O2. The standard InChI is InChI=1S/C9H12N2O2/c1-6(4-9(12)13-3)8-5-10-11-7(8)2/h4-5H,1-3H3,(H,10,11)/b6-4-. The van der Waals surface area contributed by atoms with Crippen molar-refractivity contribution in [3.63, 3.8) is 0 Å². The van der Waals surface area contributed by atoms with E-state index < -0.39 is 0 Å². The van der Waals surface area contributed by atoms with Gasteiger partial charge in [-0.2, -0.15) is 5.10 Å². The summed E-state index contributed by atoms with van der Waals surface area (Å²) in [6.45, 7) is 3.74. The second-order valence-corrected chi connectivity index (χ2v) is 2.76. The number of nitrogens with zero attached hydrogens (tertiary/aromatic N) is 1. The number of rotatable bonds is 2. The van der Waals surface area contributed by atoms with Crippen molar-refractivity contribution in [2.24, 2.45) is 0 Å². The fourth-order valence-electron chi connectivity index (χ4n) is 1.06. The Balaban J connectivity index is 2.91. The average Bonchev–Trinajstić information content (AvgIpc) is 2.51. The number of aromatic amines is 1. The summed E-state index contributed by atoms with van der Waals surface area (Å²) in [5.74, 6) is -0.349. The summed E-state index contributed by atoms with van der Waals surface area (Å²) in [7, 11) is 1.36. The number of allylic oxidation sites excluding steroid dienone is 1. The molecule has 0 fully saturated rings. The zero-order chi connectivity index (χ0) is 9.84. The van der Waals surface area contributed by atoms with E-state index in [1.807, 2.05) is 13.8 Å². The second-order valence-electron chi connectivity index (χ2n) is 2.76. The van der Waals surface area contributed by atoms with E-state index in [2.05, 4.69) is 14.9 Å². The average molecular weight is 180 g/mol. The van der Waals surface area contributed by atoms with Gasteiger partial charge in [0, 0.05) is 17.3 Å². The van der Waals surface area contributed by atoms with Crippen molar-refractivity contribution in [2.45, 2.75) is 13.8 Å². The van der Waals surface area contributed by atoms with Gasteiger partial charge in [-0.15, -0.1) is 0 Å². The first-order chi connectivity index (χ1) is 6.15. The Morgan fingerprint density at radius 1 is 1.69 bits per heavy atom. The highest BCUT2D eigenvalue weighted by atomic mass is 16.5. The Bertz CT molecular complexity index is 339. The number of aryl methyl sites for hydroxylation is 1. The van der Waals surface area contributed by atoms with Crippen LogP contribution in [-0.4, -0.2) is 23.3 Å². The Morgan fingerprint density at radius 2 is 2.38 bits per heavy atom. The number of H-pyrrole nitrogens is 1. The normalized spacial score (nSPS) is 11.5. The molecule has 0 saturated carbocycles. The number of ether oxygens (including phenoxy) is 1. The van der Waals surface area contributed by atoms with Gasteiger partial charge in [0.2, 0.25) is 0 Å². The van der Waals surface area contributed by atoms with Crippen LogP contribution in [0.3, 0.4) is 0 Å². The third kappa shape index (κ3) is 2.18. The van der Waals surface area contributed by atoms with Crippen molar-refractivity contribution in [3.8, 4) is 0 Å². The molecule has 1 N–H and O–H groups in total. The lowest BCUT2D eigenvalue weighted by atomic mass is 10.1. The second kappa shape index (κ2) is 3.89. The zero-order valence-electron chi connectivity index (χ0n) is 7.92. The molecule has 0 saturated heterocycles. The molecule has 0 spiro atoms. The van der Waals surface area contributed by atoms with Crippen molar-refractivity contribution in [1.82, 2.24) is 10.2 Å². The van der Waals surface area contributed by atoms with Gasteiger partial charge in [0.25, 0.3) is 0 Å². The molecule has 1 heterocycles. The van der Waals surface area contributed by atoms with Gasteiger partial charge in [-0.1, -0.05) is 0 Å². The molecule has 1 rings (SSSR count). The van der Waals surface area contributed by atoms with Crippen LogP contribution in [0, 0.1) is 6.92 Å².